The van der Waals surface area contributed by atoms with E-state index in [0.717, 1.165) is 29.2 Å². The van der Waals surface area contributed by atoms with Gasteiger partial charge in [-0.3, -0.25) is 0 Å². The summed E-state index contributed by atoms with van der Waals surface area (Å²) in [5.74, 6) is 0.964. The first-order chi connectivity index (χ1) is 7.66. The standard InChI is InChI=1S/C13H17N3/c1-9-10(2)16-13(15-9)8-12(14)11-6-4-3-5-7-11/h3-7,12H,8,14H2,1-2H3,(H,15,16). The first kappa shape index (κ1) is 10.9. The Morgan fingerprint density at radius 1 is 1.25 bits per heavy atom. The van der Waals surface area contributed by atoms with Crippen LogP contribution in [0.3, 0.4) is 0 Å². The van der Waals surface area contributed by atoms with E-state index in [9.17, 15) is 0 Å². The van der Waals surface area contributed by atoms with Gasteiger partial charge in [-0.25, -0.2) is 4.98 Å². The van der Waals surface area contributed by atoms with Crippen LogP contribution in [0.4, 0.5) is 0 Å². The Labute approximate surface area is 95.7 Å². The van der Waals surface area contributed by atoms with Crippen molar-refractivity contribution >= 4 is 0 Å². The van der Waals surface area contributed by atoms with Gasteiger partial charge in [0, 0.05) is 18.2 Å². The van der Waals surface area contributed by atoms with Gasteiger partial charge in [-0.15, -0.1) is 0 Å². The average molecular weight is 215 g/mol. The Hall–Kier alpha value is -1.61. The number of benzene rings is 1. The van der Waals surface area contributed by atoms with E-state index >= 15 is 0 Å². The number of imidazole rings is 1. The predicted octanol–water partition coefficient (Wildman–Crippen LogP) is 2.27. The molecule has 2 aromatic rings. The number of nitrogens with zero attached hydrogens (tertiary/aromatic N) is 1. The summed E-state index contributed by atoms with van der Waals surface area (Å²) < 4.78 is 0. The zero-order chi connectivity index (χ0) is 11.5. The van der Waals surface area contributed by atoms with Crippen LogP contribution in [0.2, 0.25) is 0 Å². The Bertz CT molecular complexity index is 440. The summed E-state index contributed by atoms with van der Waals surface area (Å²) >= 11 is 0. The third kappa shape index (κ3) is 2.31. The van der Waals surface area contributed by atoms with E-state index in [1.807, 2.05) is 44.2 Å². The van der Waals surface area contributed by atoms with Crippen molar-refractivity contribution in [3.05, 3.63) is 53.1 Å². The highest BCUT2D eigenvalue weighted by Crippen LogP contribution is 2.14. The largest absolute Gasteiger partial charge is 0.346 e. The molecule has 0 fully saturated rings. The first-order valence-corrected chi connectivity index (χ1v) is 5.49. The Balaban J connectivity index is 2.11. The van der Waals surface area contributed by atoms with Crippen molar-refractivity contribution in [3.63, 3.8) is 0 Å². The summed E-state index contributed by atoms with van der Waals surface area (Å²) in [6, 6.07) is 10.1. The van der Waals surface area contributed by atoms with Gasteiger partial charge in [0.15, 0.2) is 0 Å². The maximum atomic E-state index is 6.13. The number of rotatable bonds is 3. The molecule has 84 valence electrons. The van der Waals surface area contributed by atoms with E-state index in [1.165, 1.54) is 0 Å². The quantitative estimate of drug-likeness (QED) is 0.825. The van der Waals surface area contributed by atoms with Crippen LogP contribution in [0.1, 0.15) is 28.8 Å². The highest BCUT2D eigenvalue weighted by molar-refractivity contribution is 5.20. The highest BCUT2D eigenvalue weighted by Gasteiger charge is 2.09. The van der Waals surface area contributed by atoms with Crippen molar-refractivity contribution in [1.82, 2.24) is 9.97 Å². The summed E-state index contributed by atoms with van der Waals surface area (Å²) in [4.78, 5) is 7.69. The average Bonchev–Trinajstić information content (AvgIpc) is 2.59. The molecule has 3 heteroatoms. The fraction of sp³-hybridized carbons (Fsp3) is 0.308. The minimum Gasteiger partial charge on any atom is -0.346 e. The van der Waals surface area contributed by atoms with Crippen molar-refractivity contribution in [1.29, 1.82) is 0 Å². The third-order valence-electron chi connectivity index (χ3n) is 2.82. The minimum absolute atomic E-state index is 0.00569. The van der Waals surface area contributed by atoms with Crippen LogP contribution in [0.5, 0.6) is 0 Å². The van der Waals surface area contributed by atoms with Crippen LogP contribution < -0.4 is 5.73 Å². The fourth-order valence-electron chi connectivity index (χ4n) is 1.74. The van der Waals surface area contributed by atoms with Gasteiger partial charge in [-0.1, -0.05) is 30.3 Å². The van der Waals surface area contributed by atoms with Crippen LogP contribution in [-0.4, -0.2) is 9.97 Å². The number of aromatic nitrogens is 2. The molecule has 1 aromatic heterocycles. The third-order valence-corrected chi connectivity index (χ3v) is 2.82. The summed E-state index contributed by atoms with van der Waals surface area (Å²) in [5.41, 5.74) is 9.45. The molecule has 0 saturated heterocycles. The Morgan fingerprint density at radius 2 is 1.94 bits per heavy atom. The molecule has 1 aromatic carbocycles. The first-order valence-electron chi connectivity index (χ1n) is 5.49. The highest BCUT2D eigenvalue weighted by atomic mass is 14.9. The molecule has 0 amide bonds. The van der Waals surface area contributed by atoms with Crippen molar-refractivity contribution in [2.45, 2.75) is 26.3 Å². The second kappa shape index (κ2) is 4.49. The second-order valence-electron chi connectivity index (χ2n) is 4.12. The fourth-order valence-corrected chi connectivity index (χ4v) is 1.74. The van der Waals surface area contributed by atoms with Gasteiger partial charge in [-0.2, -0.15) is 0 Å². The summed E-state index contributed by atoms with van der Waals surface area (Å²) in [7, 11) is 0. The number of nitrogens with one attached hydrogen (secondary N) is 1. The molecule has 3 nitrogen and oxygen atoms in total. The van der Waals surface area contributed by atoms with Crippen molar-refractivity contribution in [3.8, 4) is 0 Å². The van der Waals surface area contributed by atoms with E-state index in [1.54, 1.807) is 0 Å². The molecule has 3 N–H and O–H groups in total. The van der Waals surface area contributed by atoms with E-state index in [4.69, 9.17) is 5.73 Å². The summed E-state index contributed by atoms with van der Waals surface area (Å²) in [6.45, 7) is 4.03. The predicted molar refractivity (Wildman–Crippen MR) is 65.1 cm³/mol. The van der Waals surface area contributed by atoms with E-state index in [2.05, 4.69) is 9.97 Å². The summed E-state index contributed by atoms with van der Waals surface area (Å²) in [5, 5.41) is 0. The lowest BCUT2D eigenvalue weighted by molar-refractivity contribution is 0.693. The monoisotopic (exact) mass is 215 g/mol. The van der Waals surface area contributed by atoms with Crippen molar-refractivity contribution < 1.29 is 0 Å². The smallest absolute Gasteiger partial charge is 0.108 e. The summed E-state index contributed by atoms with van der Waals surface area (Å²) in [6.07, 6.45) is 0.749. The van der Waals surface area contributed by atoms with Gasteiger partial charge in [0.05, 0.1) is 5.69 Å². The molecule has 2 rings (SSSR count). The maximum absolute atomic E-state index is 6.13. The molecule has 0 aliphatic rings. The molecule has 1 heterocycles. The zero-order valence-corrected chi connectivity index (χ0v) is 9.70. The second-order valence-corrected chi connectivity index (χ2v) is 4.12. The van der Waals surface area contributed by atoms with Crippen molar-refractivity contribution in [2.75, 3.05) is 0 Å². The number of hydrogen-bond acceptors (Lipinski definition) is 2. The molecule has 0 radical (unpaired) electrons. The SMILES string of the molecule is Cc1nc(CC(N)c2ccccc2)[nH]c1C. The van der Waals surface area contributed by atoms with Crippen molar-refractivity contribution in [2.24, 2.45) is 5.73 Å². The number of hydrogen-bond donors (Lipinski definition) is 2. The van der Waals surface area contributed by atoms with E-state index in [-0.39, 0.29) is 6.04 Å². The van der Waals surface area contributed by atoms with Gasteiger partial charge in [0.1, 0.15) is 5.82 Å². The van der Waals surface area contributed by atoms with Gasteiger partial charge < -0.3 is 10.7 Å². The zero-order valence-electron chi connectivity index (χ0n) is 9.70. The number of aryl methyl sites for hydroxylation is 2. The van der Waals surface area contributed by atoms with Crippen LogP contribution in [0.25, 0.3) is 0 Å². The van der Waals surface area contributed by atoms with E-state index < -0.39 is 0 Å². The minimum atomic E-state index is 0.00569. The molecule has 0 spiro atoms. The lowest BCUT2D eigenvalue weighted by atomic mass is 10.0. The molecule has 0 aliphatic carbocycles. The molecular weight excluding hydrogens is 198 g/mol. The van der Waals surface area contributed by atoms with E-state index in [0.29, 0.717) is 0 Å². The normalized spacial score (nSPS) is 12.7. The molecule has 0 saturated carbocycles. The van der Waals surface area contributed by atoms with Gasteiger partial charge >= 0.3 is 0 Å². The number of nitrogens with two attached hydrogens (primary N) is 1. The molecule has 0 aliphatic heterocycles. The molecule has 16 heavy (non-hydrogen) atoms. The van der Waals surface area contributed by atoms with Gasteiger partial charge in [-0.05, 0) is 19.4 Å². The maximum Gasteiger partial charge on any atom is 0.108 e. The lowest BCUT2D eigenvalue weighted by Gasteiger charge is -2.09. The Kier molecular flexibility index (Phi) is 3.06. The van der Waals surface area contributed by atoms with Gasteiger partial charge in [0.2, 0.25) is 0 Å². The van der Waals surface area contributed by atoms with Crippen LogP contribution >= 0.6 is 0 Å². The molecule has 1 unspecified atom stereocenters. The molecular formula is C13H17N3. The number of aromatic amines is 1. The Morgan fingerprint density at radius 3 is 2.50 bits per heavy atom. The topological polar surface area (TPSA) is 54.7 Å². The van der Waals surface area contributed by atoms with Gasteiger partial charge in [0.25, 0.3) is 0 Å². The van der Waals surface area contributed by atoms with Crippen LogP contribution in [0, 0.1) is 13.8 Å². The van der Waals surface area contributed by atoms with Crippen LogP contribution in [0.15, 0.2) is 30.3 Å². The number of H-pyrrole nitrogens is 1. The lowest BCUT2D eigenvalue weighted by Crippen LogP contribution is -2.14. The molecule has 0 bridgehead atoms. The molecule has 1 atom stereocenters. The van der Waals surface area contributed by atoms with Crippen LogP contribution in [-0.2, 0) is 6.42 Å².